The van der Waals surface area contributed by atoms with Gasteiger partial charge in [-0.1, -0.05) is 30.3 Å². The molecule has 0 spiro atoms. The maximum Gasteiger partial charge on any atom is 0.267 e. The summed E-state index contributed by atoms with van der Waals surface area (Å²) in [6.45, 7) is 1.99. The maximum atomic E-state index is 12.1. The summed E-state index contributed by atoms with van der Waals surface area (Å²) in [6.07, 6.45) is 6.46. The van der Waals surface area contributed by atoms with Crippen molar-refractivity contribution in [1.29, 1.82) is 0 Å². The van der Waals surface area contributed by atoms with Gasteiger partial charge in [0.25, 0.3) is 5.89 Å². The average molecular weight is 337 g/mol. The fourth-order valence-electron chi connectivity index (χ4n) is 2.40. The minimum atomic E-state index is -0.144. The van der Waals surface area contributed by atoms with Gasteiger partial charge in [-0.2, -0.15) is 0 Å². The molecule has 0 bridgehead atoms. The zero-order chi connectivity index (χ0) is 17.5. The van der Waals surface area contributed by atoms with E-state index in [2.05, 4.69) is 37.6 Å². The van der Waals surface area contributed by atoms with Gasteiger partial charge in [0.05, 0.1) is 6.20 Å². The average Bonchev–Trinajstić information content (AvgIpc) is 3.10. The number of carbonyl (C=O) groups is 1. The van der Waals surface area contributed by atoms with Crippen LogP contribution in [0.25, 0.3) is 11.6 Å². The third kappa shape index (κ3) is 4.94. The number of amides is 1. The number of aryl methyl sites for hydroxylation is 1. The Balaban J connectivity index is 1.48. The van der Waals surface area contributed by atoms with E-state index in [0.29, 0.717) is 5.69 Å². The molecule has 2 heterocycles. The first-order valence-corrected chi connectivity index (χ1v) is 8.13. The minimum absolute atomic E-state index is 0.0446. The van der Waals surface area contributed by atoms with Crippen LogP contribution in [0.4, 0.5) is 0 Å². The van der Waals surface area contributed by atoms with Crippen molar-refractivity contribution in [3.63, 3.8) is 0 Å². The molecule has 1 unspecified atom stereocenters. The van der Waals surface area contributed by atoms with Crippen LogP contribution in [0, 0.1) is 0 Å². The predicted molar refractivity (Wildman–Crippen MR) is 91.4 cm³/mol. The molecule has 1 amide bonds. The lowest BCUT2D eigenvalue weighted by molar-refractivity contribution is -0.121. The summed E-state index contributed by atoms with van der Waals surface area (Å²) in [6, 6.07) is 10.3. The monoisotopic (exact) mass is 337 g/mol. The van der Waals surface area contributed by atoms with Gasteiger partial charge in [-0.25, -0.2) is 4.98 Å². The molecule has 0 aliphatic carbocycles. The molecule has 7 heteroatoms. The van der Waals surface area contributed by atoms with Gasteiger partial charge in [-0.05, 0) is 25.3 Å². The summed E-state index contributed by atoms with van der Waals surface area (Å²) in [5, 5.41) is 10.7. The van der Waals surface area contributed by atoms with Crippen molar-refractivity contribution >= 4 is 5.91 Å². The van der Waals surface area contributed by atoms with E-state index in [1.165, 1.54) is 11.8 Å². The lowest BCUT2D eigenvalue weighted by atomic mass is 10.1. The number of rotatable bonds is 7. The molecule has 0 saturated carbocycles. The Bertz CT molecular complexity index is 805. The zero-order valence-corrected chi connectivity index (χ0v) is 13.9. The lowest BCUT2D eigenvalue weighted by Gasteiger charge is -2.13. The molecular formula is C18H19N5O2. The van der Waals surface area contributed by atoms with Crippen LogP contribution >= 0.6 is 0 Å². The van der Waals surface area contributed by atoms with Crippen molar-refractivity contribution in [3.05, 3.63) is 60.4 Å². The van der Waals surface area contributed by atoms with E-state index in [1.807, 2.05) is 25.1 Å². The highest BCUT2D eigenvalue weighted by Crippen LogP contribution is 2.13. The molecule has 0 fully saturated rings. The fourth-order valence-corrected chi connectivity index (χ4v) is 2.40. The molecule has 25 heavy (non-hydrogen) atoms. The van der Waals surface area contributed by atoms with Crippen molar-refractivity contribution in [1.82, 2.24) is 25.5 Å². The topological polar surface area (TPSA) is 93.8 Å². The molecule has 3 aromatic rings. The van der Waals surface area contributed by atoms with Gasteiger partial charge in [0.1, 0.15) is 12.1 Å². The van der Waals surface area contributed by atoms with Gasteiger partial charge in [0.15, 0.2) is 0 Å². The Hall–Kier alpha value is -3.09. The van der Waals surface area contributed by atoms with Gasteiger partial charge < -0.3 is 9.73 Å². The Morgan fingerprint density at radius 1 is 1.20 bits per heavy atom. The Labute approximate surface area is 145 Å². The van der Waals surface area contributed by atoms with E-state index in [4.69, 9.17) is 4.42 Å². The molecule has 0 saturated heterocycles. The molecule has 3 rings (SSSR count). The van der Waals surface area contributed by atoms with E-state index < -0.39 is 0 Å². The smallest absolute Gasteiger partial charge is 0.267 e. The maximum absolute atomic E-state index is 12.1. The molecule has 128 valence electrons. The molecule has 1 aromatic carbocycles. The molecule has 7 nitrogen and oxygen atoms in total. The molecule has 1 N–H and O–H groups in total. The first-order valence-electron chi connectivity index (χ1n) is 8.13. The van der Waals surface area contributed by atoms with Crippen LogP contribution in [0.3, 0.4) is 0 Å². The van der Waals surface area contributed by atoms with Crippen LogP contribution in [-0.4, -0.2) is 32.1 Å². The zero-order valence-electron chi connectivity index (χ0n) is 13.9. The standard InChI is InChI=1S/C18H19N5O2/c1-13(7-8-14-5-3-2-4-6-14)21-16(24)11-17-22-23-18(25-17)15-12-19-9-10-20-15/h2-6,9-10,12-13H,7-8,11H2,1H3,(H,21,24). The largest absolute Gasteiger partial charge is 0.419 e. The summed E-state index contributed by atoms with van der Waals surface area (Å²) in [4.78, 5) is 20.1. The van der Waals surface area contributed by atoms with Crippen molar-refractivity contribution in [2.45, 2.75) is 32.2 Å². The number of aromatic nitrogens is 4. The van der Waals surface area contributed by atoms with Gasteiger partial charge in [0.2, 0.25) is 11.8 Å². The Kier molecular flexibility index (Phi) is 5.46. The van der Waals surface area contributed by atoms with Crippen LogP contribution < -0.4 is 5.32 Å². The van der Waals surface area contributed by atoms with E-state index >= 15 is 0 Å². The highest BCUT2D eigenvalue weighted by molar-refractivity contribution is 5.77. The van der Waals surface area contributed by atoms with Gasteiger partial charge in [-0.3, -0.25) is 9.78 Å². The molecule has 1 atom stereocenters. The lowest BCUT2D eigenvalue weighted by Crippen LogP contribution is -2.34. The SMILES string of the molecule is CC(CCc1ccccc1)NC(=O)Cc1nnc(-c2cnccn2)o1. The van der Waals surface area contributed by atoms with E-state index in [0.717, 1.165) is 12.8 Å². The van der Waals surface area contributed by atoms with E-state index in [1.54, 1.807) is 12.4 Å². The molecule has 2 aromatic heterocycles. The van der Waals surface area contributed by atoms with Crippen molar-refractivity contribution in [2.75, 3.05) is 0 Å². The second-order valence-corrected chi connectivity index (χ2v) is 5.76. The number of hydrogen-bond donors (Lipinski definition) is 1. The first kappa shape index (κ1) is 16.8. The summed E-state index contributed by atoms with van der Waals surface area (Å²) in [5.74, 6) is 0.372. The molecule has 0 radical (unpaired) electrons. The fraction of sp³-hybridized carbons (Fsp3) is 0.278. The quantitative estimate of drug-likeness (QED) is 0.710. The second-order valence-electron chi connectivity index (χ2n) is 5.76. The molecular weight excluding hydrogens is 318 g/mol. The van der Waals surface area contributed by atoms with Gasteiger partial charge >= 0.3 is 0 Å². The number of hydrogen-bond acceptors (Lipinski definition) is 6. The number of nitrogens with one attached hydrogen (secondary N) is 1. The summed E-state index contributed by atoms with van der Waals surface area (Å²) in [5.41, 5.74) is 1.74. The van der Waals surface area contributed by atoms with Gasteiger partial charge in [-0.15, -0.1) is 10.2 Å². The third-order valence-corrected chi connectivity index (χ3v) is 3.68. The van der Waals surface area contributed by atoms with Crippen molar-refractivity contribution in [2.24, 2.45) is 0 Å². The van der Waals surface area contributed by atoms with Crippen LogP contribution in [-0.2, 0) is 17.6 Å². The van der Waals surface area contributed by atoms with Crippen LogP contribution in [0.5, 0.6) is 0 Å². The number of benzene rings is 1. The number of nitrogens with zero attached hydrogens (tertiary/aromatic N) is 4. The third-order valence-electron chi connectivity index (χ3n) is 3.68. The summed E-state index contributed by atoms with van der Waals surface area (Å²) >= 11 is 0. The summed E-state index contributed by atoms with van der Waals surface area (Å²) in [7, 11) is 0. The van der Waals surface area contributed by atoms with Crippen LogP contribution in [0.1, 0.15) is 24.8 Å². The van der Waals surface area contributed by atoms with E-state index in [9.17, 15) is 4.79 Å². The van der Waals surface area contributed by atoms with E-state index in [-0.39, 0.29) is 30.2 Å². The van der Waals surface area contributed by atoms with Crippen LogP contribution in [0.2, 0.25) is 0 Å². The van der Waals surface area contributed by atoms with Gasteiger partial charge in [0, 0.05) is 18.4 Å². The van der Waals surface area contributed by atoms with Crippen molar-refractivity contribution < 1.29 is 9.21 Å². The normalized spacial score (nSPS) is 11.9. The first-order chi connectivity index (χ1) is 12.2. The molecule has 0 aliphatic heterocycles. The van der Waals surface area contributed by atoms with Crippen molar-refractivity contribution in [3.8, 4) is 11.6 Å². The Morgan fingerprint density at radius 2 is 2.04 bits per heavy atom. The second kappa shape index (κ2) is 8.14. The highest BCUT2D eigenvalue weighted by Gasteiger charge is 2.14. The molecule has 0 aliphatic rings. The highest BCUT2D eigenvalue weighted by atomic mass is 16.4. The number of carbonyl (C=O) groups excluding carboxylic acids is 1. The summed E-state index contributed by atoms with van der Waals surface area (Å²) < 4.78 is 5.47. The van der Waals surface area contributed by atoms with Crippen LogP contribution in [0.15, 0.2) is 53.3 Å². The minimum Gasteiger partial charge on any atom is -0.419 e. The Morgan fingerprint density at radius 3 is 2.80 bits per heavy atom. The predicted octanol–water partition coefficient (Wildman–Crippen LogP) is 2.21.